The lowest BCUT2D eigenvalue weighted by Crippen LogP contribution is -2.34. The van der Waals surface area contributed by atoms with Gasteiger partial charge in [-0.25, -0.2) is 0 Å². The summed E-state index contributed by atoms with van der Waals surface area (Å²) in [6, 6.07) is 0.411. The molecule has 4 nitrogen and oxygen atoms in total. The van der Waals surface area contributed by atoms with Gasteiger partial charge in [0.2, 0.25) is 0 Å². The molecule has 2 rings (SSSR count). The second kappa shape index (κ2) is 6.73. The molecule has 0 spiro atoms. The van der Waals surface area contributed by atoms with Crippen LogP contribution in [0.3, 0.4) is 0 Å². The average Bonchev–Trinajstić information content (AvgIpc) is 2.94. The molecule has 1 fully saturated rings. The van der Waals surface area contributed by atoms with E-state index in [4.69, 9.17) is 16.3 Å². The van der Waals surface area contributed by atoms with Crippen molar-refractivity contribution in [1.82, 2.24) is 15.1 Å². The standard InChI is InChI=1S/C14H24ClN3O/c1-4-16-11(8-12-6-5-7-19-12)9-13-10(2)17-18(3)14(13)15/h11-12,16H,4-9H2,1-3H3. The van der Waals surface area contributed by atoms with Gasteiger partial charge in [-0.05, 0) is 39.2 Å². The molecule has 1 aliphatic heterocycles. The first-order valence-corrected chi connectivity index (χ1v) is 7.52. The van der Waals surface area contributed by atoms with E-state index in [1.807, 2.05) is 14.0 Å². The molecule has 1 aromatic heterocycles. The Morgan fingerprint density at radius 3 is 2.89 bits per heavy atom. The van der Waals surface area contributed by atoms with Gasteiger partial charge in [-0.1, -0.05) is 18.5 Å². The van der Waals surface area contributed by atoms with Crippen LogP contribution in [-0.2, 0) is 18.2 Å². The molecule has 1 aliphatic rings. The van der Waals surface area contributed by atoms with Crippen molar-refractivity contribution < 1.29 is 4.74 Å². The lowest BCUT2D eigenvalue weighted by atomic mass is 9.99. The first kappa shape index (κ1) is 14.8. The maximum Gasteiger partial charge on any atom is 0.130 e. The Hall–Kier alpha value is -0.580. The number of aromatic nitrogens is 2. The van der Waals surface area contributed by atoms with E-state index in [0.717, 1.165) is 42.4 Å². The van der Waals surface area contributed by atoms with Crippen LogP contribution in [0.4, 0.5) is 0 Å². The number of nitrogens with one attached hydrogen (secondary N) is 1. The monoisotopic (exact) mass is 285 g/mol. The first-order valence-electron chi connectivity index (χ1n) is 7.14. The van der Waals surface area contributed by atoms with Crippen molar-refractivity contribution in [3.8, 4) is 0 Å². The number of halogens is 1. The zero-order valence-electron chi connectivity index (χ0n) is 12.1. The Bertz CT molecular complexity index is 413. The summed E-state index contributed by atoms with van der Waals surface area (Å²) >= 11 is 6.32. The molecule has 5 heteroatoms. The van der Waals surface area contributed by atoms with E-state index >= 15 is 0 Å². The van der Waals surface area contributed by atoms with Gasteiger partial charge < -0.3 is 10.1 Å². The van der Waals surface area contributed by atoms with E-state index in [0.29, 0.717) is 12.1 Å². The zero-order valence-corrected chi connectivity index (χ0v) is 12.8. The quantitative estimate of drug-likeness (QED) is 0.873. The van der Waals surface area contributed by atoms with E-state index < -0.39 is 0 Å². The topological polar surface area (TPSA) is 39.1 Å². The lowest BCUT2D eigenvalue weighted by Gasteiger charge is -2.21. The van der Waals surface area contributed by atoms with Crippen molar-refractivity contribution in [3.05, 3.63) is 16.4 Å². The smallest absolute Gasteiger partial charge is 0.130 e. The fourth-order valence-electron chi connectivity index (χ4n) is 2.83. The first-order chi connectivity index (χ1) is 9.11. The Labute approximate surface area is 120 Å². The largest absolute Gasteiger partial charge is 0.378 e. The molecule has 1 N–H and O–H groups in total. The predicted molar refractivity (Wildman–Crippen MR) is 77.7 cm³/mol. The summed E-state index contributed by atoms with van der Waals surface area (Å²) < 4.78 is 7.49. The van der Waals surface area contributed by atoms with Gasteiger partial charge in [0.15, 0.2) is 0 Å². The van der Waals surface area contributed by atoms with Gasteiger partial charge in [0.05, 0.1) is 11.8 Å². The highest BCUT2D eigenvalue weighted by molar-refractivity contribution is 6.30. The number of hydrogen-bond donors (Lipinski definition) is 1. The van der Waals surface area contributed by atoms with Gasteiger partial charge in [-0.2, -0.15) is 5.10 Å². The van der Waals surface area contributed by atoms with Crippen molar-refractivity contribution >= 4 is 11.6 Å². The van der Waals surface area contributed by atoms with Gasteiger partial charge in [0, 0.05) is 25.3 Å². The molecule has 2 atom stereocenters. The van der Waals surface area contributed by atoms with Crippen LogP contribution in [0.5, 0.6) is 0 Å². The van der Waals surface area contributed by atoms with Crippen LogP contribution < -0.4 is 5.32 Å². The van der Waals surface area contributed by atoms with Gasteiger partial charge >= 0.3 is 0 Å². The number of hydrogen-bond acceptors (Lipinski definition) is 3. The third-order valence-electron chi connectivity index (χ3n) is 3.78. The normalized spacial score (nSPS) is 20.9. The molecule has 108 valence electrons. The summed E-state index contributed by atoms with van der Waals surface area (Å²) in [4.78, 5) is 0. The van der Waals surface area contributed by atoms with E-state index in [1.165, 1.54) is 12.8 Å². The maximum atomic E-state index is 6.32. The second-order valence-electron chi connectivity index (χ2n) is 5.31. The van der Waals surface area contributed by atoms with E-state index in [9.17, 15) is 0 Å². The van der Waals surface area contributed by atoms with Gasteiger partial charge in [-0.15, -0.1) is 0 Å². The zero-order chi connectivity index (χ0) is 13.8. The van der Waals surface area contributed by atoms with Gasteiger partial charge in [0.1, 0.15) is 5.15 Å². The molecule has 1 aromatic rings. The van der Waals surface area contributed by atoms with E-state index in [-0.39, 0.29) is 0 Å². The summed E-state index contributed by atoms with van der Waals surface area (Å²) in [5.41, 5.74) is 2.19. The highest BCUT2D eigenvalue weighted by Crippen LogP contribution is 2.23. The molecule has 0 bridgehead atoms. The highest BCUT2D eigenvalue weighted by Gasteiger charge is 2.23. The highest BCUT2D eigenvalue weighted by atomic mass is 35.5. The summed E-state index contributed by atoms with van der Waals surface area (Å²) in [6.45, 7) is 6.04. The van der Waals surface area contributed by atoms with Crippen molar-refractivity contribution in [2.75, 3.05) is 13.2 Å². The molecule has 0 saturated carbocycles. The van der Waals surface area contributed by atoms with Crippen LogP contribution >= 0.6 is 11.6 Å². The van der Waals surface area contributed by atoms with E-state index in [1.54, 1.807) is 4.68 Å². The van der Waals surface area contributed by atoms with Crippen molar-refractivity contribution in [1.29, 1.82) is 0 Å². The van der Waals surface area contributed by atoms with Gasteiger partial charge in [-0.3, -0.25) is 4.68 Å². The Morgan fingerprint density at radius 2 is 2.37 bits per heavy atom. The molecule has 0 aliphatic carbocycles. The maximum absolute atomic E-state index is 6.32. The second-order valence-corrected chi connectivity index (χ2v) is 5.67. The molecule has 2 unspecified atom stereocenters. The fourth-order valence-corrected chi connectivity index (χ4v) is 3.08. The minimum Gasteiger partial charge on any atom is -0.378 e. The number of nitrogens with zero attached hydrogens (tertiary/aromatic N) is 2. The van der Waals surface area contributed by atoms with Crippen molar-refractivity contribution in [3.63, 3.8) is 0 Å². The van der Waals surface area contributed by atoms with Crippen LogP contribution in [-0.4, -0.2) is 35.1 Å². The minimum absolute atomic E-state index is 0.403. The third-order valence-corrected chi connectivity index (χ3v) is 4.26. The van der Waals surface area contributed by atoms with E-state index in [2.05, 4.69) is 17.3 Å². The molecule has 2 heterocycles. The van der Waals surface area contributed by atoms with Crippen LogP contribution in [0, 0.1) is 6.92 Å². The van der Waals surface area contributed by atoms with Crippen LogP contribution in [0.2, 0.25) is 5.15 Å². The van der Waals surface area contributed by atoms with Crippen LogP contribution in [0.15, 0.2) is 0 Å². The Morgan fingerprint density at radius 1 is 1.58 bits per heavy atom. The summed E-state index contributed by atoms with van der Waals surface area (Å²) in [6.07, 6.45) is 4.75. The molecule has 1 saturated heterocycles. The van der Waals surface area contributed by atoms with Crippen LogP contribution in [0.25, 0.3) is 0 Å². The van der Waals surface area contributed by atoms with Gasteiger partial charge in [0.25, 0.3) is 0 Å². The third kappa shape index (κ3) is 3.71. The lowest BCUT2D eigenvalue weighted by molar-refractivity contribution is 0.0947. The number of aryl methyl sites for hydroxylation is 2. The fraction of sp³-hybridized carbons (Fsp3) is 0.786. The number of rotatable bonds is 6. The molecule has 19 heavy (non-hydrogen) atoms. The predicted octanol–water partition coefficient (Wildman–Crippen LogP) is 2.47. The molecular weight excluding hydrogens is 262 g/mol. The molecule has 0 aromatic carbocycles. The molecule has 0 radical (unpaired) electrons. The Balaban J connectivity index is 2.02. The minimum atomic E-state index is 0.403. The SMILES string of the molecule is CCNC(Cc1c(C)nn(C)c1Cl)CC1CCCO1. The van der Waals surface area contributed by atoms with Crippen molar-refractivity contribution in [2.45, 2.75) is 51.7 Å². The van der Waals surface area contributed by atoms with Crippen molar-refractivity contribution in [2.24, 2.45) is 7.05 Å². The number of ether oxygens (including phenoxy) is 1. The number of likely N-dealkylation sites (N-methyl/N-ethyl adjacent to an activating group) is 1. The summed E-state index contributed by atoms with van der Waals surface area (Å²) in [5, 5.41) is 8.68. The molecular formula is C14H24ClN3O. The average molecular weight is 286 g/mol. The van der Waals surface area contributed by atoms with Crippen LogP contribution in [0.1, 0.15) is 37.4 Å². The molecule has 0 amide bonds. The summed E-state index contributed by atoms with van der Waals surface area (Å²) in [5.74, 6) is 0. The Kier molecular flexibility index (Phi) is 5.25. The summed E-state index contributed by atoms with van der Waals surface area (Å²) in [7, 11) is 1.89.